The number of aromatic nitrogens is 2. The highest BCUT2D eigenvalue weighted by atomic mass is 16.5. The molecule has 0 unspecified atom stereocenters. The third-order valence-corrected chi connectivity index (χ3v) is 5.65. The monoisotopic (exact) mass is 415 g/mol. The van der Waals surface area contributed by atoms with Crippen molar-refractivity contribution < 1.29 is 14.6 Å². The number of nitrogens with one attached hydrogen (secondary N) is 1. The first-order chi connectivity index (χ1) is 14.5. The molecule has 0 atom stereocenters. The molecule has 30 heavy (non-hydrogen) atoms. The van der Waals surface area contributed by atoms with Gasteiger partial charge in [-0.15, -0.1) is 0 Å². The summed E-state index contributed by atoms with van der Waals surface area (Å²) in [6.07, 6.45) is 4.07. The van der Waals surface area contributed by atoms with E-state index >= 15 is 0 Å². The van der Waals surface area contributed by atoms with Gasteiger partial charge in [-0.2, -0.15) is 0 Å². The zero-order chi connectivity index (χ0) is 21.1. The lowest BCUT2D eigenvalue weighted by atomic mass is 10.1. The van der Waals surface area contributed by atoms with Gasteiger partial charge in [0.1, 0.15) is 18.1 Å². The molecule has 1 fully saturated rings. The quantitative estimate of drug-likeness (QED) is 0.697. The van der Waals surface area contributed by atoms with Crippen molar-refractivity contribution in [3.8, 4) is 17.4 Å². The average Bonchev–Trinajstić information content (AvgIpc) is 3.02. The molecule has 2 aliphatic rings. The Hall–Kier alpha value is -2.91. The number of piperazine rings is 1. The van der Waals surface area contributed by atoms with Gasteiger partial charge in [0, 0.05) is 38.3 Å². The molecule has 2 aliphatic heterocycles. The van der Waals surface area contributed by atoms with E-state index in [2.05, 4.69) is 22.3 Å². The van der Waals surface area contributed by atoms with Crippen LogP contribution in [0.1, 0.15) is 12.0 Å². The van der Waals surface area contributed by atoms with E-state index in [0.717, 1.165) is 50.4 Å². The van der Waals surface area contributed by atoms with Crippen LogP contribution in [0, 0.1) is 0 Å². The minimum atomic E-state index is -0.303. The van der Waals surface area contributed by atoms with E-state index in [4.69, 9.17) is 9.47 Å². The van der Waals surface area contributed by atoms with Gasteiger partial charge in [0.05, 0.1) is 19.0 Å². The predicted molar refractivity (Wildman–Crippen MR) is 115 cm³/mol. The third-order valence-electron chi connectivity index (χ3n) is 5.65. The third kappa shape index (κ3) is 4.31. The Morgan fingerprint density at radius 2 is 2.00 bits per heavy atom. The summed E-state index contributed by atoms with van der Waals surface area (Å²) >= 11 is 0. The van der Waals surface area contributed by atoms with Gasteiger partial charge in [-0.05, 0) is 44.3 Å². The number of likely N-dealkylation sites (N-methyl/N-ethyl adjacent to an activating group) is 1. The molecule has 162 valence electrons. The number of rotatable bonds is 7. The van der Waals surface area contributed by atoms with Gasteiger partial charge >= 0.3 is 5.69 Å². The largest absolute Gasteiger partial charge is 0.497 e. The summed E-state index contributed by atoms with van der Waals surface area (Å²) in [7, 11) is 3.74. The number of methoxy groups -OCH3 is 1. The molecule has 9 heteroatoms. The van der Waals surface area contributed by atoms with Crippen LogP contribution in [0.5, 0.6) is 17.4 Å². The molecular formula is C21H29N5O4. The fourth-order valence-corrected chi connectivity index (χ4v) is 3.82. The lowest BCUT2D eigenvalue weighted by molar-refractivity contribution is 0.151. The first kappa shape index (κ1) is 20.4. The molecule has 1 aromatic carbocycles. The second-order valence-corrected chi connectivity index (χ2v) is 7.69. The lowest BCUT2D eigenvalue weighted by Gasteiger charge is -2.32. The number of nitrogens with zero attached hydrogens (tertiary/aromatic N) is 4. The number of hydrogen-bond acceptors (Lipinski definition) is 7. The molecule has 0 bridgehead atoms. The minimum absolute atomic E-state index is 0.0515. The highest BCUT2D eigenvalue weighted by Crippen LogP contribution is 2.32. The molecule has 0 saturated carbocycles. The Balaban J connectivity index is 1.43. The number of ether oxygens (including phenoxy) is 2. The fourth-order valence-electron chi connectivity index (χ4n) is 3.82. The molecule has 4 rings (SSSR count). The van der Waals surface area contributed by atoms with Crippen molar-refractivity contribution in [1.82, 2.24) is 19.0 Å². The fraction of sp³-hybridized carbons (Fsp3) is 0.476. The van der Waals surface area contributed by atoms with Crippen LogP contribution < -0.4 is 20.6 Å². The van der Waals surface area contributed by atoms with Gasteiger partial charge < -0.3 is 24.4 Å². The number of imidazole rings is 1. The number of aromatic hydroxyl groups is 1. The van der Waals surface area contributed by atoms with Crippen LogP contribution >= 0.6 is 0 Å². The summed E-state index contributed by atoms with van der Waals surface area (Å²) in [5, 5.41) is 10.3. The van der Waals surface area contributed by atoms with Crippen LogP contribution in [-0.4, -0.2) is 77.6 Å². The second-order valence-electron chi connectivity index (χ2n) is 7.69. The summed E-state index contributed by atoms with van der Waals surface area (Å²) < 4.78 is 13.7. The smallest absolute Gasteiger partial charge is 0.349 e. The Morgan fingerprint density at radius 1 is 1.20 bits per heavy atom. The Bertz CT molecular complexity index is 972. The second kappa shape index (κ2) is 8.85. The summed E-state index contributed by atoms with van der Waals surface area (Å²) in [6, 6.07) is 5.52. The topological polar surface area (TPSA) is 84.1 Å². The molecule has 2 N–H and O–H groups in total. The zero-order valence-corrected chi connectivity index (χ0v) is 17.5. The maximum absolute atomic E-state index is 12.8. The molecular weight excluding hydrogens is 386 g/mol. The van der Waals surface area contributed by atoms with Crippen LogP contribution in [0.15, 0.2) is 35.3 Å². The van der Waals surface area contributed by atoms with Gasteiger partial charge in [0.15, 0.2) is 0 Å². The molecule has 9 nitrogen and oxygen atoms in total. The number of benzene rings is 1. The number of fused-ring (bicyclic) bond motifs is 1. The molecule has 1 saturated heterocycles. The maximum Gasteiger partial charge on any atom is 0.349 e. The van der Waals surface area contributed by atoms with E-state index in [1.54, 1.807) is 7.11 Å². The van der Waals surface area contributed by atoms with E-state index in [0.29, 0.717) is 24.7 Å². The molecule has 0 radical (unpaired) electrons. The van der Waals surface area contributed by atoms with Crippen LogP contribution in [0.4, 0.5) is 0 Å². The Kier molecular flexibility index (Phi) is 6.01. The molecule has 2 aromatic rings. The van der Waals surface area contributed by atoms with Gasteiger partial charge in [-0.3, -0.25) is 9.99 Å². The molecule has 0 spiro atoms. The summed E-state index contributed by atoms with van der Waals surface area (Å²) in [4.78, 5) is 17.5. The van der Waals surface area contributed by atoms with Crippen molar-refractivity contribution in [2.45, 2.75) is 13.0 Å². The number of hydrogen-bond donors (Lipinski definition) is 2. The van der Waals surface area contributed by atoms with Crippen molar-refractivity contribution in [2.75, 3.05) is 58.9 Å². The van der Waals surface area contributed by atoms with E-state index < -0.39 is 0 Å². The van der Waals surface area contributed by atoms with Crippen molar-refractivity contribution >= 4 is 5.70 Å². The highest BCUT2D eigenvalue weighted by molar-refractivity contribution is 5.76. The summed E-state index contributed by atoms with van der Waals surface area (Å²) in [5.41, 5.74) is 4.32. The summed E-state index contributed by atoms with van der Waals surface area (Å²) in [5.74, 6) is 1.36. The maximum atomic E-state index is 12.8. The molecule has 1 aromatic heterocycles. The zero-order valence-electron chi connectivity index (χ0n) is 17.5. The normalized spacial score (nSPS) is 17.2. The SMILES string of the molecule is COc1ccc2c(c1)C(Nn1cc(O)n(CCCN3CCN(C)CC3)c1=O)=CCO2. The van der Waals surface area contributed by atoms with Crippen molar-refractivity contribution in [3.05, 3.63) is 46.5 Å². The molecule has 0 aliphatic carbocycles. The average molecular weight is 415 g/mol. The Morgan fingerprint density at radius 3 is 2.77 bits per heavy atom. The highest BCUT2D eigenvalue weighted by Gasteiger charge is 2.18. The minimum Gasteiger partial charge on any atom is -0.497 e. The summed E-state index contributed by atoms with van der Waals surface area (Å²) in [6.45, 7) is 5.99. The van der Waals surface area contributed by atoms with Gasteiger partial charge in [0.2, 0.25) is 5.88 Å². The van der Waals surface area contributed by atoms with Crippen molar-refractivity contribution in [3.63, 3.8) is 0 Å². The van der Waals surface area contributed by atoms with Gasteiger partial charge in [0.25, 0.3) is 0 Å². The van der Waals surface area contributed by atoms with Crippen molar-refractivity contribution in [2.24, 2.45) is 0 Å². The van der Waals surface area contributed by atoms with Gasteiger partial charge in [-0.25, -0.2) is 9.47 Å². The Labute approximate surface area is 175 Å². The lowest BCUT2D eigenvalue weighted by Crippen LogP contribution is -2.44. The first-order valence-electron chi connectivity index (χ1n) is 10.3. The molecule has 0 amide bonds. The van der Waals surface area contributed by atoms with Crippen molar-refractivity contribution in [1.29, 1.82) is 0 Å². The first-order valence-corrected chi connectivity index (χ1v) is 10.3. The van der Waals surface area contributed by atoms with E-state index in [9.17, 15) is 9.90 Å². The van der Waals surface area contributed by atoms with Crippen LogP contribution in [0.3, 0.4) is 0 Å². The predicted octanol–water partition coefficient (Wildman–Crippen LogP) is 0.979. The van der Waals surface area contributed by atoms with Crippen LogP contribution in [0.25, 0.3) is 5.70 Å². The van der Waals surface area contributed by atoms with Crippen LogP contribution in [-0.2, 0) is 6.54 Å². The van der Waals surface area contributed by atoms with E-state index in [1.165, 1.54) is 15.4 Å². The van der Waals surface area contributed by atoms with Crippen LogP contribution in [0.2, 0.25) is 0 Å². The molecule has 3 heterocycles. The standard InChI is InChI=1S/C21H29N5O4/c1-23-9-11-24(12-10-23)7-3-8-25-20(27)15-26(21(25)28)22-18-6-13-30-19-5-4-16(29-2)14-17(18)19/h4-6,14-15,22,27H,3,7-13H2,1-2H3. The van der Waals surface area contributed by atoms with Gasteiger partial charge in [-0.1, -0.05) is 0 Å². The van der Waals surface area contributed by atoms with E-state index in [1.807, 2.05) is 24.3 Å². The van der Waals surface area contributed by atoms with E-state index in [-0.39, 0.29) is 11.6 Å².